The summed E-state index contributed by atoms with van der Waals surface area (Å²) < 4.78 is 44.8. The molecular weight excluding hydrogens is 413 g/mol. The molecule has 0 radical (unpaired) electrons. The van der Waals surface area contributed by atoms with E-state index < -0.39 is 17.3 Å². The van der Waals surface area contributed by atoms with Crippen molar-refractivity contribution in [3.05, 3.63) is 33.8 Å². The molecule has 2 rings (SSSR count). The summed E-state index contributed by atoms with van der Waals surface area (Å²) in [5.41, 5.74) is -0.634. The van der Waals surface area contributed by atoms with Crippen LogP contribution in [-0.4, -0.2) is 47.2 Å². The number of carbonyl (C=O) groups is 1. The maximum atomic E-state index is 12.9. The van der Waals surface area contributed by atoms with Gasteiger partial charge < -0.3 is 9.64 Å². The Balaban J connectivity index is 2.03. The highest BCUT2D eigenvalue weighted by atomic mass is 79.9. The zero-order valence-electron chi connectivity index (χ0n) is 15.4. The molecular formula is C18H24BrF3N2O2. The van der Waals surface area contributed by atoms with E-state index in [1.54, 1.807) is 4.90 Å². The molecule has 1 aromatic rings. The summed E-state index contributed by atoms with van der Waals surface area (Å²) in [4.78, 5) is 16.0. The van der Waals surface area contributed by atoms with Crippen molar-refractivity contribution in [2.45, 2.75) is 52.1 Å². The summed E-state index contributed by atoms with van der Waals surface area (Å²) in [7, 11) is 0. The molecule has 0 N–H and O–H groups in total. The number of rotatable bonds is 2. The van der Waals surface area contributed by atoms with Gasteiger partial charge in [-0.1, -0.05) is 15.9 Å². The Morgan fingerprint density at radius 3 is 2.46 bits per heavy atom. The second-order valence-corrected chi connectivity index (χ2v) is 8.42. The molecule has 1 saturated heterocycles. The van der Waals surface area contributed by atoms with Crippen LogP contribution in [0.5, 0.6) is 0 Å². The van der Waals surface area contributed by atoms with Crippen LogP contribution in [0.4, 0.5) is 18.0 Å². The smallest absolute Gasteiger partial charge is 0.416 e. The Bertz CT molecular complexity index is 659. The van der Waals surface area contributed by atoms with Crippen LogP contribution in [0.1, 0.15) is 38.8 Å². The summed E-state index contributed by atoms with van der Waals surface area (Å²) in [6.07, 6.45) is -4.72. The number of piperazine rings is 1. The van der Waals surface area contributed by atoms with Gasteiger partial charge in [-0.2, -0.15) is 13.2 Å². The number of hydrogen-bond acceptors (Lipinski definition) is 3. The lowest BCUT2D eigenvalue weighted by atomic mass is 10.1. The third-order valence-corrected chi connectivity index (χ3v) is 4.88. The third-order valence-electron chi connectivity index (χ3n) is 4.11. The molecule has 0 spiro atoms. The van der Waals surface area contributed by atoms with Crippen LogP contribution in [0.3, 0.4) is 0 Å². The van der Waals surface area contributed by atoms with E-state index in [1.165, 1.54) is 12.1 Å². The van der Waals surface area contributed by atoms with Crippen LogP contribution in [0.15, 0.2) is 22.7 Å². The highest BCUT2D eigenvalue weighted by molar-refractivity contribution is 9.10. The molecule has 0 aromatic heterocycles. The van der Waals surface area contributed by atoms with Crippen LogP contribution in [0, 0.1) is 0 Å². The summed E-state index contributed by atoms with van der Waals surface area (Å²) >= 11 is 3.33. The van der Waals surface area contributed by atoms with Crippen LogP contribution in [-0.2, 0) is 17.5 Å². The van der Waals surface area contributed by atoms with Crippen molar-refractivity contribution in [1.29, 1.82) is 0 Å². The number of amides is 1. The molecule has 4 nitrogen and oxygen atoms in total. The van der Waals surface area contributed by atoms with E-state index in [9.17, 15) is 18.0 Å². The van der Waals surface area contributed by atoms with Crippen LogP contribution >= 0.6 is 15.9 Å². The Morgan fingerprint density at radius 2 is 1.92 bits per heavy atom. The molecule has 1 amide bonds. The lowest BCUT2D eigenvalue weighted by Gasteiger charge is -2.40. The molecule has 1 aliphatic rings. The monoisotopic (exact) mass is 436 g/mol. The van der Waals surface area contributed by atoms with Crippen molar-refractivity contribution in [3.8, 4) is 0 Å². The second-order valence-electron chi connectivity index (χ2n) is 7.56. The third kappa shape index (κ3) is 5.61. The van der Waals surface area contributed by atoms with Gasteiger partial charge in [0.15, 0.2) is 0 Å². The van der Waals surface area contributed by atoms with Gasteiger partial charge in [0.05, 0.1) is 5.56 Å². The van der Waals surface area contributed by atoms with Crippen LogP contribution < -0.4 is 0 Å². The fraction of sp³-hybridized carbons (Fsp3) is 0.611. The minimum atomic E-state index is -4.36. The van der Waals surface area contributed by atoms with Gasteiger partial charge in [0.1, 0.15) is 5.60 Å². The molecule has 0 unspecified atom stereocenters. The highest BCUT2D eigenvalue weighted by Crippen LogP contribution is 2.32. The molecule has 0 saturated carbocycles. The fourth-order valence-electron chi connectivity index (χ4n) is 2.88. The van der Waals surface area contributed by atoms with Gasteiger partial charge in [0.25, 0.3) is 0 Å². The van der Waals surface area contributed by atoms with Gasteiger partial charge in [-0.3, -0.25) is 4.90 Å². The SMILES string of the molecule is C[C@H]1CN(Cc2cc(C(F)(F)F)ccc2Br)CCN1C(=O)OC(C)(C)C. The topological polar surface area (TPSA) is 32.8 Å². The number of carbonyl (C=O) groups excluding carboxylic acids is 1. The van der Waals surface area contributed by atoms with Gasteiger partial charge in [-0.25, -0.2) is 4.79 Å². The standard InChI is InChI=1S/C18H24BrF3N2O2/c1-12-10-23(7-8-24(12)16(25)26-17(2,3)4)11-13-9-14(18(20,21)22)5-6-15(13)19/h5-6,9,12H,7-8,10-11H2,1-4H3/t12-/m0/s1. The van der Waals surface area contributed by atoms with Gasteiger partial charge in [-0.15, -0.1) is 0 Å². The molecule has 8 heteroatoms. The van der Waals surface area contributed by atoms with Gasteiger partial charge >= 0.3 is 12.3 Å². The maximum absolute atomic E-state index is 12.9. The lowest BCUT2D eigenvalue weighted by Crippen LogP contribution is -2.54. The first-order valence-corrected chi connectivity index (χ1v) is 9.24. The van der Waals surface area contributed by atoms with Crippen molar-refractivity contribution < 1.29 is 22.7 Å². The second kappa shape index (κ2) is 7.76. The average Bonchev–Trinajstić information content (AvgIpc) is 2.46. The summed E-state index contributed by atoms with van der Waals surface area (Å²) in [5, 5.41) is 0. The molecule has 1 fully saturated rings. The molecule has 26 heavy (non-hydrogen) atoms. The number of ether oxygens (including phenoxy) is 1. The van der Waals surface area contributed by atoms with Crippen molar-refractivity contribution in [2.75, 3.05) is 19.6 Å². The molecule has 1 heterocycles. The van der Waals surface area contributed by atoms with E-state index >= 15 is 0 Å². The van der Waals surface area contributed by atoms with E-state index in [-0.39, 0.29) is 12.1 Å². The normalized spacial score (nSPS) is 19.5. The predicted octanol–water partition coefficient (Wildman–Crippen LogP) is 4.91. The van der Waals surface area contributed by atoms with Gasteiger partial charge in [0, 0.05) is 36.7 Å². The van der Waals surface area contributed by atoms with Crippen molar-refractivity contribution >= 4 is 22.0 Å². The molecule has 1 aliphatic heterocycles. The van der Waals surface area contributed by atoms with Crippen LogP contribution in [0.2, 0.25) is 0 Å². The number of alkyl halides is 3. The van der Waals surface area contributed by atoms with Crippen LogP contribution in [0.25, 0.3) is 0 Å². The van der Waals surface area contributed by atoms with E-state index in [0.717, 1.165) is 6.07 Å². The average molecular weight is 437 g/mol. The first-order chi connectivity index (χ1) is 11.9. The molecule has 0 aliphatic carbocycles. The van der Waals surface area contributed by atoms with E-state index in [2.05, 4.69) is 15.9 Å². The summed E-state index contributed by atoms with van der Waals surface area (Å²) in [6.45, 7) is 9.38. The zero-order valence-corrected chi connectivity index (χ0v) is 16.9. The molecule has 0 bridgehead atoms. The largest absolute Gasteiger partial charge is 0.444 e. The number of nitrogens with zero attached hydrogens (tertiary/aromatic N) is 2. The van der Waals surface area contributed by atoms with E-state index in [1.807, 2.05) is 32.6 Å². The maximum Gasteiger partial charge on any atom is 0.416 e. The summed E-state index contributed by atoms with van der Waals surface area (Å²) in [5.74, 6) is 0. The predicted molar refractivity (Wildman–Crippen MR) is 96.8 cm³/mol. The summed E-state index contributed by atoms with van der Waals surface area (Å²) in [6, 6.07) is 3.59. The zero-order chi connectivity index (χ0) is 19.7. The Labute approximate surface area is 160 Å². The number of benzene rings is 1. The molecule has 1 atom stereocenters. The lowest BCUT2D eigenvalue weighted by molar-refractivity contribution is -0.137. The van der Waals surface area contributed by atoms with Gasteiger partial charge in [0.2, 0.25) is 0 Å². The Kier molecular flexibility index (Phi) is 6.28. The quantitative estimate of drug-likeness (QED) is 0.660. The van der Waals surface area contributed by atoms with E-state index in [4.69, 9.17) is 4.74 Å². The number of halogens is 4. The van der Waals surface area contributed by atoms with Crippen molar-refractivity contribution in [1.82, 2.24) is 9.80 Å². The first-order valence-electron chi connectivity index (χ1n) is 8.44. The Morgan fingerprint density at radius 1 is 1.27 bits per heavy atom. The molecule has 1 aromatic carbocycles. The number of hydrogen-bond donors (Lipinski definition) is 0. The minimum Gasteiger partial charge on any atom is -0.444 e. The molecule has 146 valence electrons. The van der Waals surface area contributed by atoms with E-state index in [0.29, 0.717) is 36.2 Å². The van der Waals surface area contributed by atoms with Crippen molar-refractivity contribution in [2.24, 2.45) is 0 Å². The van der Waals surface area contributed by atoms with Gasteiger partial charge in [-0.05, 0) is 51.5 Å². The minimum absolute atomic E-state index is 0.0804. The highest BCUT2D eigenvalue weighted by Gasteiger charge is 2.33. The first kappa shape index (κ1) is 21.0. The fourth-order valence-corrected chi connectivity index (χ4v) is 3.25. The van der Waals surface area contributed by atoms with Crippen molar-refractivity contribution in [3.63, 3.8) is 0 Å². The Hall–Kier alpha value is -1.28.